The molecule has 8 nitrogen and oxygen atoms in total. The number of aliphatic carboxylic acids is 1. The van der Waals surface area contributed by atoms with Gasteiger partial charge in [-0.25, -0.2) is 0 Å². The molecule has 2 heterocycles. The van der Waals surface area contributed by atoms with Gasteiger partial charge in [0.15, 0.2) is 0 Å². The molecule has 1 unspecified atom stereocenters. The van der Waals surface area contributed by atoms with Crippen LogP contribution in [0.1, 0.15) is 18.7 Å². The van der Waals surface area contributed by atoms with Crippen LogP contribution < -0.4 is 5.32 Å². The Morgan fingerprint density at radius 3 is 2.56 bits per heavy atom. The van der Waals surface area contributed by atoms with Crippen LogP contribution in [0.5, 0.6) is 0 Å². The maximum absolute atomic E-state index is 12.6. The average molecular weight is 397 g/mol. The molecule has 1 atom stereocenters. The number of carboxylic acids is 1. The second kappa shape index (κ2) is 10.4. The van der Waals surface area contributed by atoms with E-state index in [-0.39, 0.29) is 18.4 Å². The predicted molar refractivity (Wildman–Crippen MR) is 104 cm³/mol. The number of hydrogen-bond donors (Lipinski definition) is 2. The maximum Gasteiger partial charge on any atom is 0.320 e. The minimum absolute atomic E-state index is 0.0397. The molecule has 2 rings (SSSR count). The molecule has 2 amide bonds. The highest BCUT2D eigenvalue weighted by Crippen LogP contribution is 2.14. The van der Waals surface area contributed by atoms with E-state index in [9.17, 15) is 19.5 Å². The zero-order valence-corrected chi connectivity index (χ0v) is 16.7. The van der Waals surface area contributed by atoms with E-state index in [4.69, 9.17) is 0 Å². The van der Waals surface area contributed by atoms with Gasteiger partial charge in [-0.3, -0.25) is 24.2 Å². The molecule has 2 N–H and O–H groups in total. The third-order valence-electron chi connectivity index (χ3n) is 4.70. The summed E-state index contributed by atoms with van der Waals surface area (Å²) in [6.45, 7) is 7.45. The van der Waals surface area contributed by atoms with Crippen LogP contribution in [0.15, 0.2) is 17.5 Å². The molecular formula is C18H28N4O4S. The number of carbonyl (C=O) groups is 3. The van der Waals surface area contributed by atoms with E-state index < -0.39 is 12.0 Å². The van der Waals surface area contributed by atoms with E-state index in [0.717, 1.165) is 19.6 Å². The summed E-state index contributed by atoms with van der Waals surface area (Å²) in [5, 5.41) is 14.0. The highest BCUT2D eigenvalue weighted by molar-refractivity contribution is 7.09. The summed E-state index contributed by atoms with van der Waals surface area (Å²) in [6, 6.07) is 3.37. The van der Waals surface area contributed by atoms with Crippen molar-refractivity contribution in [3.63, 3.8) is 0 Å². The topological polar surface area (TPSA) is 93.2 Å². The van der Waals surface area contributed by atoms with Crippen molar-refractivity contribution in [2.45, 2.75) is 26.4 Å². The largest absolute Gasteiger partial charge is 0.480 e. The van der Waals surface area contributed by atoms with Gasteiger partial charge in [-0.2, -0.15) is 0 Å². The summed E-state index contributed by atoms with van der Waals surface area (Å²) >= 11 is 1.73. The normalized spacial score (nSPS) is 16.3. The summed E-state index contributed by atoms with van der Waals surface area (Å²) in [7, 11) is 0. The molecule has 0 saturated carbocycles. The molecule has 0 aromatic carbocycles. The Morgan fingerprint density at radius 2 is 2.00 bits per heavy atom. The predicted octanol–water partition coefficient (Wildman–Crippen LogP) is 0.304. The molecule has 1 fully saturated rings. The molecule has 9 heteroatoms. The number of piperazine rings is 1. The molecule has 27 heavy (non-hydrogen) atoms. The van der Waals surface area contributed by atoms with Crippen molar-refractivity contribution in [2.75, 3.05) is 45.8 Å². The first-order valence-corrected chi connectivity index (χ1v) is 9.98. The highest BCUT2D eigenvalue weighted by Gasteiger charge is 2.27. The van der Waals surface area contributed by atoms with Crippen molar-refractivity contribution in [1.82, 2.24) is 20.0 Å². The number of amides is 2. The third-order valence-corrected chi connectivity index (χ3v) is 5.56. The van der Waals surface area contributed by atoms with Crippen LogP contribution in [0.4, 0.5) is 0 Å². The van der Waals surface area contributed by atoms with Crippen LogP contribution in [-0.2, 0) is 20.9 Å². The standard InChI is InChI=1S/C18H28N4O4S/c1-14(18(25)26)22(6-5-19-15(2)23)13-17(24)21-9-7-20(8-10-21)12-16-4-3-11-27-16/h3-4,11,14H,5-10,12-13H2,1-2H3,(H,19,23)(H,25,26). The second-order valence-corrected chi connectivity index (χ2v) is 7.74. The van der Waals surface area contributed by atoms with Crippen molar-refractivity contribution in [3.05, 3.63) is 22.4 Å². The lowest BCUT2D eigenvalue weighted by Gasteiger charge is -2.36. The fourth-order valence-corrected chi connectivity index (χ4v) is 3.74. The first-order chi connectivity index (χ1) is 12.9. The van der Waals surface area contributed by atoms with Gasteiger partial charge in [-0.1, -0.05) is 6.07 Å². The Morgan fingerprint density at radius 1 is 1.30 bits per heavy atom. The first kappa shape index (κ1) is 21.3. The minimum Gasteiger partial charge on any atom is -0.480 e. The monoisotopic (exact) mass is 396 g/mol. The molecule has 1 aliphatic heterocycles. The van der Waals surface area contributed by atoms with Crippen molar-refractivity contribution in [3.8, 4) is 0 Å². The minimum atomic E-state index is -0.980. The first-order valence-electron chi connectivity index (χ1n) is 9.10. The van der Waals surface area contributed by atoms with Crippen LogP contribution >= 0.6 is 11.3 Å². The summed E-state index contributed by atoms with van der Waals surface area (Å²) in [6.07, 6.45) is 0. The quantitative estimate of drug-likeness (QED) is 0.624. The number of nitrogens with zero attached hydrogens (tertiary/aromatic N) is 3. The fourth-order valence-electron chi connectivity index (χ4n) is 2.99. The Hall–Kier alpha value is -1.97. The summed E-state index contributed by atoms with van der Waals surface area (Å²) in [5.74, 6) is -1.22. The Labute approximate surface area is 163 Å². The van der Waals surface area contributed by atoms with Crippen molar-refractivity contribution >= 4 is 29.1 Å². The zero-order chi connectivity index (χ0) is 19.8. The van der Waals surface area contributed by atoms with Crippen molar-refractivity contribution in [1.29, 1.82) is 0 Å². The van der Waals surface area contributed by atoms with Crippen LogP contribution in [0, 0.1) is 0 Å². The van der Waals surface area contributed by atoms with Gasteiger partial charge in [0.2, 0.25) is 11.8 Å². The van der Waals surface area contributed by atoms with Gasteiger partial charge in [0.05, 0.1) is 6.54 Å². The van der Waals surface area contributed by atoms with Gasteiger partial charge in [0, 0.05) is 57.6 Å². The SMILES string of the molecule is CC(=O)NCCN(CC(=O)N1CCN(Cc2cccs2)CC1)C(C)C(=O)O. The molecular weight excluding hydrogens is 368 g/mol. The maximum atomic E-state index is 12.6. The zero-order valence-electron chi connectivity index (χ0n) is 15.9. The van der Waals surface area contributed by atoms with E-state index in [0.29, 0.717) is 26.2 Å². The molecule has 0 spiro atoms. The van der Waals surface area contributed by atoms with Gasteiger partial charge < -0.3 is 15.3 Å². The van der Waals surface area contributed by atoms with Crippen molar-refractivity contribution < 1.29 is 19.5 Å². The lowest BCUT2D eigenvalue weighted by molar-refractivity contribution is -0.144. The van der Waals surface area contributed by atoms with E-state index in [1.807, 2.05) is 6.07 Å². The number of rotatable bonds is 9. The molecule has 1 aromatic rings. The molecule has 0 aliphatic carbocycles. The van der Waals surface area contributed by atoms with Gasteiger partial charge in [0.1, 0.15) is 6.04 Å². The van der Waals surface area contributed by atoms with Gasteiger partial charge >= 0.3 is 5.97 Å². The molecule has 0 bridgehead atoms. The van der Waals surface area contributed by atoms with E-state index in [1.165, 1.54) is 11.8 Å². The molecule has 150 valence electrons. The lowest BCUT2D eigenvalue weighted by atomic mass is 10.2. The number of thiophene rings is 1. The summed E-state index contributed by atoms with van der Waals surface area (Å²) in [4.78, 5) is 42.0. The lowest BCUT2D eigenvalue weighted by Crippen LogP contribution is -2.53. The summed E-state index contributed by atoms with van der Waals surface area (Å²) in [5.41, 5.74) is 0. The van der Waals surface area contributed by atoms with Crippen LogP contribution in [0.25, 0.3) is 0 Å². The molecule has 0 radical (unpaired) electrons. The molecule has 1 aliphatic rings. The van der Waals surface area contributed by atoms with Gasteiger partial charge in [-0.15, -0.1) is 11.3 Å². The average Bonchev–Trinajstić information content (AvgIpc) is 3.13. The van der Waals surface area contributed by atoms with Crippen LogP contribution in [-0.4, -0.2) is 89.4 Å². The highest BCUT2D eigenvalue weighted by atomic mass is 32.1. The summed E-state index contributed by atoms with van der Waals surface area (Å²) < 4.78 is 0. The van der Waals surface area contributed by atoms with Crippen LogP contribution in [0.2, 0.25) is 0 Å². The Bertz CT molecular complexity index is 629. The Kier molecular flexibility index (Phi) is 8.21. The second-order valence-electron chi connectivity index (χ2n) is 6.70. The number of hydrogen-bond acceptors (Lipinski definition) is 6. The van der Waals surface area contributed by atoms with Crippen LogP contribution in [0.3, 0.4) is 0 Å². The number of carbonyl (C=O) groups excluding carboxylic acids is 2. The Balaban J connectivity index is 1.83. The van der Waals surface area contributed by atoms with E-state index >= 15 is 0 Å². The van der Waals surface area contributed by atoms with E-state index in [1.54, 1.807) is 28.1 Å². The van der Waals surface area contributed by atoms with Gasteiger partial charge in [-0.05, 0) is 18.4 Å². The smallest absolute Gasteiger partial charge is 0.320 e. The molecule has 1 aromatic heterocycles. The van der Waals surface area contributed by atoms with Gasteiger partial charge in [0.25, 0.3) is 0 Å². The fraction of sp³-hybridized carbons (Fsp3) is 0.611. The van der Waals surface area contributed by atoms with Crippen molar-refractivity contribution in [2.24, 2.45) is 0 Å². The molecule has 1 saturated heterocycles. The number of carboxylic acid groups (broad SMARTS) is 1. The number of nitrogens with one attached hydrogen (secondary N) is 1. The van der Waals surface area contributed by atoms with E-state index in [2.05, 4.69) is 21.7 Å². The third kappa shape index (κ3) is 6.93.